The van der Waals surface area contributed by atoms with Crippen molar-refractivity contribution in [1.29, 1.82) is 0 Å². The van der Waals surface area contributed by atoms with Gasteiger partial charge in [-0.05, 0) is 31.9 Å². The molecule has 2 rings (SSSR count). The van der Waals surface area contributed by atoms with Crippen LogP contribution < -0.4 is 11.1 Å². The van der Waals surface area contributed by atoms with Crippen LogP contribution in [0.4, 0.5) is 0 Å². The van der Waals surface area contributed by atoms with Crippen LogP contribution in [0.2, 0.25) is 0 Å². The van der Waals surface area contributed by atoms with Gasteiger partial charge in [-0.15, -0.1) is 0 Å². The second kappa shape index (κ2) is 6.90. The van der Waals surface area contributed by atoms with E-state index >= 15 is 0 Å². The lowest BCUT2D eigenvalue weighted by Gasteiger charge is -2.41. The third kappa shape index (κ3) is 3.30. The highest BCUT2D eigenvalue weighted by Gasteiger charge is 2.44. The van der Waals surface area contributed by atoms with Crippen molar-refractivity contribution >= 4 is 23.5 Å². The molecule has 0 radical (unpaired) electrons. The lowest BCUT2D eigenvalue weighted by molar-refractivity contribution is -0.128. The molecule has 0 unspecified atom stereocenters. The van der Waals surface area contributed by atoms with Crippen LogP contribution in [-0.2, 0) is 4.79 Å². The minimum absolute atomic E-state index is 0.0555. The smallest absolute Gasteiger partial charge is 0.234 e. The Morgan fingerprint density at radius 1 is 1.19 bits per heavy atom. The molecule has 2 aliphatic rings. The standard InChI is InChI=1S/C15H27N3O2S/c1-21-14(7-6-8-14)11-17-13(19)15(12(16)18-20)9-4-2-3-5-10-15/h20H,2-11H2,1H3,(H2,16,18)(H,17,19). The molecule has 1 amide bonds. The summed E-state index contributed by atoms with van der Waals surface area (Å²) in [6.07, 6.45) is 11.2. The zero-order valence-corrected chi connectivity index (χ0v) is 13.7. The summed E-state index contributed by atoms with van der Waals surface area (Å²) >= 11 is 1.84. The molecule has 0 spiro atoms. The second-order valence-electron chi connectivity index (χ2n) is 6.40. The third-order valence-corrected chi connectivity index (χ3v) is 6.68. The topological polar surface area (TPSA) is 87.7 Å². The molecular weight excluding hydrogens is 286 g/mol. The molecule has 6 heteroatoms. The van der Waals surface area contributed by atoms with Gasteiger partial charge >= 0.3 is 0 Å². The van der Waals surface area contributed by atoms with Crippen LogP contribution >= 0.6 is 11.8 Å². The lowest BCUT2D eigenvalue weighted by atomic mass is 9.77. The minimum Gasteiger partial charge on any atom is -0.409 e. The Bertz CT molecular complexity index is 394. The van der Waals surface area contributed by atoms with Gasteiger partial charge in [0.25, 0.3) is 0 Å². The van der Waals surface area contributed by atoms with Gasteiger partial charge in [0.1, 0.15) is 5.41 Å². The number of hydrogen-bond donors (Lipinski definition) is 3. The van der Waals surface area contributed by atoms with Gasteiger partial charge in [-0.2, -0.15) is 11.8 Å². The third-order valence-electron chi connectivity index (χ3n) is 5.26. The highest BCUT2D eigenvalue weighted by Crippen LogP contribution is 2.42. The van der Waals surface area contributed by atoms with Crippen molar-refractivity contribution < 1.29 is 10.0 Å². The maximum Gasteiger partial charge on any atom is 0.234 e. The Kier molecular flexibility index (Phi) is 5.41. The summed E-state index contributed by atoms with van der Waals surface area (Å²) in [5.41, 5.74) is 5.09. The SMILES string of the molecule is CSC1(CNC(=O)C2(C(N)=NO)CCCCCC2)CCC1. The summed E-state index contributed by atoms with van der Waals surface area (Å²) in [7, 11) is 0. The number of thioether (sulfide) groups is 1. The molecule has 0 bridgehead atoms. The molecule has 0 heterocycles. The van der Waals surface area contributed by atoms with E-state index in [2.05, 4.69) is 16.7 Å². The van der Waals surface area contributed by atoms with Crippen molar-refractivity contribution in [2.24, 2.45) is 16.3 Å². The first-order valence-electron chi connectivity index (χ1n) is 7.90. The number of nitrogens with one attached hydrogen (secondary N) is 1. The van der Waals surface area contributed by atoms with Crippen LogP contribution in [0.5, 0.6) is 0 Å². The summed E-state index contributed by atoms with van der Waals surface area (Å²) in [6.45, 7) is 0.688. The highest BCUT2D eigenvalue weighted by molar-refractivity contribution is 8.00. The molecule has 120 valence electrons. The Morgan fingerprint density at radius 3 is 2.24 bits per heavy atom. The van der Waals surface area contributed by atoms with Gasteiger partial charge in [0.2, 0.25) is 5.91 Å². The second-order valence-corrected chi connectivity index (χ2v) is 7.68. The quantitative estimate of drug-likeness (QED) is 0.239. The number of hydrogen-bond acceptors (Lipinski definition) is 4. The minimum atomic E-state index is -0.811. The molecule has 5 nitrogen and oxygen atoms in total. The first kappa shape index (κ1) is 16.5. The number of nitrogens with two attached hydrogens (primary N) is 1. The van der Waals surface area contributed by atoms with Crippen LogP contribution in [0.15, 0.2) is 5.16 Å². The molecule has 21 heavy (non-hydrogen) atoms. The Labute approximate surface area is 131 Å². The average Bonchev–Trinajstić information content (AvgIpc) is 2.72. The first-order chi connectivity index (χ1) is 10.1. The van der Waals surface area contributed by atoms with Gasteiger partial charge < -0.3 is 16.3 Å². The molecule has 2 aliphatic carbocycles. The monoisotopic (exact) mass is 313 g/mol. The van der Waals surface area contributed by atoms with Crippen LogP contribution in [0, 0.1) is 5.41 Å². The molecule has 0 saturated heterocycles. The number of oxime groups is 1. The fraction of sp³-hybridized carbons (Fsp3) is 0.867. The van der Waals surface area contributed by atoms with Crippen LogP contribution in [0.1, 0.15) is 57.8 Å². The van der Waals surface area contributed by atoms with E-state index in [-0.39, 0.29) is 16.5 Å². The molecule has 2 fully saturated rings. The number of carbonyl (C=O) groups is 1. The Morgan fingerprint density at radius 2 is 1.81 bits per heavy atom. The number of amidine groups is 1. The van der Waals surface area contributed by atoms with E-state index < -0.39 is 5.41 Å². The van der Waals surface area contributed by atoms with Crippen molar-refractivity contribution in [1.82, 2.24) is 5.32 Å². The van der Waals surface area contributed by atoms with Gasteiger partial charge in [-0.3, -0.25) is 4.79 Å². The van der Waals surface area contributed by atoms with Gasteiger partial charge in [0, 0.05) is 11.3 Å². The zero-order chi connectivity index (χ0) is 15.3. The zero-order valence-electron chi connectivity index (χ0n) is 12.9. The van der Waals surface area contributed by atoms with E-state index in [1.165, 1.54) is 6.42 Å². The molecule has 0 aromatic rings. The van der Waals surface area contributed by atoms with Crippen molar-refractivity contribution in [3.63, 3.8) is 0 Å². The maximum absolute atomic E-state index is 12.8. The molecule has 0 atom stereocenters. The highest BCUT2D eigenvalue weighted by atomic mass is 32.2. The van der Waals surface area contributed by atoms with Crippen molar-refractivity contribution in [2.45, 2.75) is 62.5 Å². The fourth-order valence-electron chi connectivity index (χ4n) is 3.46. The summed E-state index contributed by atoms with van der Waals surface area (Å²) in [4.78, 5) is 12.8. The van der Waals surface area contributed by atoms with Crippen LogP contribution in [-0.4, -0.2) is 34.5 Å². The number of amides is 1. The van der Waals surface area contributed by atoms with E-state index in [9.17, 15) is 4.79 Å². The van der Waals surface area contributed by atoms with E-state index in [0.29, 0.717) is 19.4 Å². The average molecular weight is 313 g/mol. The number of rotatable bonds is 5. The predicted octanol–water partition coefficient (Wildman–Crippen LogP) is 2.48. The Hall–Kier alpha value is -0.910. The fourth-order valence-corrected chi connectivity index (χ4v) is 4.38. The molecule has 2 saturated carbocycles. The van der Waals surface area contributed by atoms with Gasteiger partial charge in [-0.1, -0.05) is 37.3 Å². The summed E-state index contributed by atoms with van der Waals surface area (Å²) in [5.74, 6) is 0.0220. The van der Waals surface area contributed by atoms with E-state index in [1.54, 1.807) is 0 Å². The van der Waals surface area contributed by atoms with Gasteiger partial charge in [0.05, 0.1) is 0 Å². The molecule has 4 N–H and O–H groups in total. The van der Waals surface area contributed by atoms with Gasteiger partial charge in [0.15, 0.2) is 5.84 Å². The molecule has 0 aromatic heterocycles. The summed E-state index contributed by atoms with van der Waals surface area (Å²) < 4.78 is 0.201. The molecule has 0 aromatic carbocycles. The van der Waals surface area contributed by atoms with Crippen LogP contribution in [0.3, 0.4) is 0 Å². The number of carbonyl (C=O) groups excluding carboxylic acids is 1. The summed E-state index contributed by atoms with van der Waals surface area (Å²) in [5, 5.41) is 15.4. The van der Waals surface area contributed by atoms with Crippen molar-refractivity contribution in [3.8, 4) is 0 Å². The van der Waals surface area contributed by atoms with E-state index in [4.69, 9.17) is 10.9 Å². The van der Waals surface area contributed by atoms with E-state index in [1.807, 2.05) is 11.8 Å². The maximum atomic E-state index is 12.8. The number of nitrogens with zero attached hydrogens (tertiary/aromatic N) is 1. The lowest BCUT2D eigenvalue weighted by Crippen LogP contribution is -2.53. The largest absolute Gasteiger partial charge is 0.409 e. The predicted molar refractivity (Wildman–Crippen MR) is 86.7 cm³/mol. The van der Waals surface area contributed by atoms with Crippen molar-refractivity contribution in [2.75, 3.05) is 12.8 Å². The Balaban J connectivity index is 2.07. The van der Waals surface area contributed by atoms with Gasteiger partial charge in [-0.25, -0.2) is 0 Å². The van der Waals surface area contributed by atoms with Crippen molar-refractivity contribution in [3.05, 3.63) is 0 Å². The van der Waals surface area contributed by atoms with E-state index in [0.717, 1.165) is 38.5 Å². The first-order valence-corrected chi connectivity index (χ1v) is 9.12. The normalized spacial score (nSPS) is 24.7. The van der Waals surface area contributed by atoms with Crippen LogP contribution in [0.25, 0.3) is 0 Å². The molecule has 0 aliphatic heterocycles. The molecular formula is C15H27N3O2S. The summed E-state index contributed by atoms with van der Waals surface area (Å²) in [6, 6.07) is 0.